The summed E-state index contributed by atoms with van der Waals surface area (Å²) in [5, 5.41) is 8.87. The summed E-state index contributed by atoms with van der Waals surface area (Å²) in [5.74, 6) is 0. The van der Waals surface area contributed by atoms with E-state index in [1.165, 1.54) is 10.4 Å². The minimum absolute atomic E-state index is 0.827. The van der Waals surface area contributed by atoms with Crippen LogP contribution < -0.4 is 0 Å². The summed E-state index contributed by atoms with van der Waals surface area (Å²) < 4.78 is 0. The van der Waals surface area contributed by atoms with Crippen molar-refractivity contribution in [2.75, 3.05) is 0 Å². The van der Waals surface area contributed by atoms with Crippen molar-refractivity contribution in [3.05, 3.63) is 57.3 Å². The largest absolute Gasteiger partial charge is 0.192 e. The molecule has 0 N–H and O–H groups in total. The number of hydrogen-bond donors (Lipinski definition) is 0. The van der Waals surface area contributed by atoms with Crippen molar-refractivity contribution < 1.29 is 0 Å². The molecule has 0 saturated heterocycles. The average Bonchev–Trinajstić information content (AvgIpc) is 2.69. The van der Waals surface area contributed by atoms with Gasteiger partial charge in [0, 0.05) is 9.75 Å². The first-order chi connectivity index (χ1) is 7.79. The van der Waals surface area contributed by atoms with Crippen molar-refractivity contribution in [2.45, 2.75) is 19.8 Å². The van der Waals surface area contributed by atoms with Crippen molar-refractivity contribution in [3.8, 4) is 6.07 Å². The van der Waals surface area contributed by atoms with Gasteiger partial charge in [0.2, 0.25) is 0 Å². The number of rotatable bonds is 3. The average molecular weight is 227 g/mol. The standard InChI is InChI=1S/C14H13NS/c1-11-13(10-15)9-14(16-11)8-7-12-5-3-2-4-6-12/h2-6,9H,7-8H2,1H3. The Kier molecular flexibility index (Phi) is 3.38. The molecule has 0 fully saturated rings. The van der Waals surface area contributed by atoms with E-state index >= 15 is 0 Å². The zero-order valence-corrected chi connectivity index (χ0v) is 10.1. The zero-order valence-electron chi connectivity index (χ0n) is 9.23. The van der Waals surface area contributed by atoms with Gasteiger partial charge in [-0.3, -0.25) is 0 Å². The first kappa shape index (κ1) is 10.9. The first-order valence-corrected chi connectivity index (χ1v) is 6.14. The van der Waals surface area contributed by atoms with Gasteiger partial charge in [0.1, 0.15) is 6.07 Å². The van der Waals surface area contributed by atoms with E-state index in [2.05, 4.69) is 30.3 Å². The SMILES string of the molecule is Cc1sc(CCc2ccccc2)cc1C#N. The second-order valence-electron chi connectivity index (χ2n) is 3.78. The monoisotopic (exact) mass is 227 g/mol. The Hall–Kier alpha value is -1.59. The third-order valence-electron chi connectivity index (χ3n) is 2.59. The molecule has 0 saturated carbocycles. The molecule has 1 heterocycles. The van der Waals surface area contributed by atoms with Gasteiger partial charge < -0.3 is 0 Å². The highest BCUT2D eigenvalue weighted by Crippen LogP contribution is 2.22. The molecular formula is C14H13NS. The lowest BCUT2D eigenvalue weighted by Crippen LogP contribution is -1.87. The lowest BCUT2D eigenvalue weighted by atomic mass is 10.1. The Bertz CT molecular complexity index is 505. The van der Waals surface area contributed by atoms with Crippen LogP contribution in [0, 0.1) is 18.3 Å². The maximum Gasteiger partial charge on any atom is 0.100 e. The molecular weight excluding hydrogens is 214 g/mol. The topological polar surface area (TPSA) is 23.8 Å². The van der Waals surface area contributed by atoms with Crippen LogP contribution in [0.3, 0.4) is 0 Å². The molecule has 2 aromatic rings. The fraction of sp³-hybridized carbons (Fsp3) is 0.214. The normalized spacial score (nSPS) is 10.0. The number of benzene rings is 1. The van der Waals surface area contributed by atoms with Crippen molar-refractivity contribution >= 4 is 11.3 Å². The van der Waals surface area contributed by atoms with Crippen molar-refractivity contribution in [1.82, 2.24) is 0 Å². The highest BCUT2D eigenvalue weighted by atomic mass is 32.1. The molecule has 1 nitrogen and oxygen atoms in total. The molecule has 0 radical (unpaired) electrons. The van der Waals surface area contributed by atoms with Crippen LogP contribution in [-0.4, -0.2) is 0 Å². The van der Waals surface area contributed by atoms with E-state index in [0.717, 1.165) is 23.3 Å². The molecule has 16 heavy (non-hydrogen) atoms. The Balaban J connectivity index is 2.03. The van der Waals surface area contributed by atoms with Gasteiger partial charge in [-0.1, -0.05) is 30.3 Å². The van der Waals surface area contributed by atoms with Gasteiger partial charge in [0.25, 0.3) is 0 Å². The minimum atomic E-state index is 0.827. The third kappa shape index (κ3) is 2.50. The number of thiophene rings is 1. The molecule has 1 aromatic carbocycles. The summed E-state index contributed by atoms with van der Waals surface area (Å²) in [5.41, 5.74) is 2.18. The number of nitriles is 1. The molecule has 2 heteroatoms. The molecule has 0 spiro atoms. The van der Waals surface area contributed by atoms with Gasteiger partial charge in [0.15, 0.2) is 0 Å². The summed E-state index contributed by atoms with van der Waals surface area (Å²) in [6, 6.07) is 14.7. The second kappa shape index (κ2) is 4.96. The quantitative estimate of drug-likeness (QED) is 0.784. The summed E-state index contributed by atoms with van der Waals surface area (Å²) in [4.78, 5) is 2.43. The Labute approximate surface area is 100.0 Å². The van der Waals surface area contributed by atoms with Crippen LogP contribution in [0.2, 0.25) is 0 Å². The van der Waals surface area contributed by atoms with Crippen LogP contribution in [0.25, 0.3) is 0 Å². The molecule has 0 atom stereocenters. The number of hydrogen-bond acceptors (Lipinski definition) is 2. The van der Waals surface area contributed by atoms with E-state index in [1.54, 1.807) is 11.3 Å². The van der Waals surface area contributed by atoms with Crippen LogP contribution in [0.5, 0.6) is 0 Å². The highest BCUT2D eigenvalue weighted by molar-refractivity contribution is 7.12. The molecule has 0 aliphatic carbocycles. The van der Waals surface area contributed by atoms with E-state index < -0.39 is 0 Å². The third-order valence-corrected chi connectivity index (χ3v) is 3.70. The first-order valence-electron chi connectivity index (χ1n) is 5.33. The molecule has 0 bridgehead atoms. The van der Waals surface area contributed by atoms with Crippen LogP contribution in [0.15, 0.2) is 36.4 Å². The van der Waals surface area contributed by atoms with E-state index in [4.69, 9.17) is 5.26 Å². The smallest absolute Gasteiger partial charge is 0.100 e. The fourth-order valence-corrected chi connectivity index (χ4v) is 2.68. The van der Waals surface area contributed by atoms with Gasteiger partial charge in [-0.2, -0.15) is 5.26 Å². The van der Waals surface area contributed by atoms with Gasteiger partial charge in [-0.05, 0) is 31.4 Å². The highest BCUT2D eigenvalue weighted by Gasteiger charge is 2.04. The van der Waals surface area contributed by atoms with Gasteiger partial charge >= 0.3 is 0 Å². The predicted octanol–water partition coefficient (Wildman–Crippen LogP) is 3.71. The summed E-state index contributed by atoms with van der Waals surface area (Å²) in [7, 11) is 0. The molecule has 0 aliphatic rings. The fourth-order valence-electron chi connectivity index (χ4n) is 1.69. The van der Waals surface area contributed by atoms with Crippen molar-refractivity contribution in [3.63, 3.8) is 0 Å². The predicted molar refractivity (Wildman–Crippen MR) is 67.6 cm³/mol. The minimum Gasteiger partial charge on any atom is -0.192 e. The lowest BCUT2D eigenvalue weighted by Gasteiger charge is -1.98. The van der Waals surface area contributed by atoms with Gasteiger partial charge in [0.05, 0.1) is 5.56 Å². The van der Waals surface area contributed by atoms with Crippen molar-refractivity contribution in [1.29, 1.82) is 5.26 Å². The van der Waals surface area contributed by atoms with Crippen LogP contribution in [0.4, 0.5) is 0 Å². The Morgan fingerprint density at radius 1 is 1.19 bits per heavy atom. The van der Waals surface area contributed by atoms with Gasteiger partial charge in [-0.15, -0.1) is 11.3 Å². The zero-order chi connectivity index (χ0) is 11.4. The molecule has 1 aromatic heterocycles. The van der Waals surface area contributed by atoms with E-state index in [9.17, 15) is 0 Å². The van der Waals surface area contributed by atoms with E-state index in [0.29, 0.717) is 0 Å². The summed E-state index contributed by atoms with van der Waals surface area (Å²) >= 11 is 1.74. The maximum absolute atomic E-state index is 8.87. The number of aryl methyl sites for hydroxylation is 3. The summed E-state index contributed by atoms with van der Waals surface area (Å²) in [6.07, 6.45) is 2.07. The molecule has 0 amide bonds. The second-order valence-corrected chi connectivity index (χ2v) is 5.12. The maximum atomic E-state index is 8.87. The Morgan fingerprint density at radius 3 is 2.56 bits per heavy atom. The lowest BCUT2D eigenvalue weighted by molar-refractivity contribution is 0.981. The van der Waals surface area contributed by atoms with Crippen LogP contribution in [-0.2, 0) is 12.8 Å². The summed E-state index contributed by atoms with van der Waals surface area (Å²) in [6.45, 7) is 2.01. The van der Waals surface area contributed by atoms with Gasteiger partial charge in [-0.25, -0.2) is 0 Å². The van der Waals surface area contributed by atoms with E-state index in [1.807, 2.05) is 19.1 Å². The Morgan fingerprint density at radius 2 is 1.94 bits per heavy atom. The molecule has 0 aliphatic heterocycles. The molecule has 80 valence electrons. The van der Waals surface area contributed by atoms with Crippen molar-refractivity contribution in [2.24, 2.45) is 0 Å². The molecule has 2 rings (SSSR count). The van der Waals surface area contributed by atoms with E-state index in [-0.39, 0.29) is 0 Å². The van der Waals surface area contributed by atoms with Crippen LogP contribution >= 0.6 is 11.3 Å². The van der Waals surface area contributed by atoms with Crippen LogP contribution in [0.1, 0.15) is 20.9 Å². The molecule has 0 unspecified atom stereocenters. The number of nitrogens with zero attached hydrogens (tertiary/aromatic N) is 1.